The Morgan fingerprint density at radius 1 is 1.29 bits per heavy atom. The third-order valence-corrected chi connectivity index (χ3v) is 4.46. The van der Waals surface area contributed by atoms with Crippen molar-refractivity contribution in [1.82, 2.24) is 10.2 Å². The Labute approximate surface area is 149 Å². The Morgan fingerprint density at radius 3 is 2.79 bits per heavy atom. The molecular weight excluding hydrogens is 376 g/mol. The normalized spacial score (nSPS) is 16.4. The molecule has 1 aromatic rings. The number of halogens is 1. The van der Waals surface area contributed by atoms with Crippen LogP contribution in [0.4, 0.5) is 0 Å². The van der Waals surface area contributed by atoms with Gasteiger partial charge in [0, 0.05) is 17.4 Å². The van der Waals surface area contributed by atoms with Crippen LogP contribution in [0, 0.1) is 0 Å². The lowest BCUT2D eigenvalue weighted by Gasteiger charge is -2.23. The predicted molar refractivity (Wildman–Crippen MR) is 92.3 cm³/mol. The Balaban J connectivity index is 2.04. The molecule has 24 heavy (non-hydrogen) atoms. The highest BCUT2D eigenvalue weighted by Crippen LogP contribution is 2.21. The fourth-order valence-electron chi connectivity index (χ4n) is 2.77. The molecule has 0 bridgehead atoms. The molecule has 2 rings (SSSR count). The van der Waals surface area contributed by atoms with Crippen molar-refractivity contribution in [3.05, 3.63) is 34.3 Å². The van der Waals surface area contributed by atoms with Crippen LogP contribution in [-0.2, 0) is 14.4 Å². The van der Waals surface area contributed by atoms with Crippen molar-refractivity contribution in [1.29, 1.82) is 0 Å². The van der Waals surface area contributed by atoms with Crippen molar-refractivity contribution in [2.45, 2.75) is 38.1 Å². The largest absolute Gasteiger partial charge is 0.481 e. The van der Waals surface area contributed by atoms with Gasteiger partial charge in [-0.2, -0.15) is 0 Å². The van der Waals surface area contributed by atoms with Gasteiger partial charge in [-0.3, -0.25) is 14.4 Å². The molecule has 6 nitrogen and oxygen atoms in total. The zero-order valence-corrected chi connectivity index (χ0v) is 14.9. The molecule has 1 unspecified atom stereocenters. The van der Waals surface area contributed by atoms with Gasteiger partial charge in [-0.1, -0.05) is 34.5 Å². The quantitative estimate of drug-likeness (QED) is 0.772. The zero-order chi connectivity index (χ0) is 17.5. The van der Waals surface area contributed by atoms with E-state index in [9.17, 15) is 14.4 Å². The Hall–Kier alpha value is -1.89. The number of carboxylic acids is 1. The fourth-order valence-corrected chi connectivity index (χ4v) is 3.19. The summed E-state index contributed by atoms with van der Waals surface area (Å²) in [5.74, 6) is -1.34. The summed E-state index contributed by atoms with van der Waals surface area (Å²) in [5.41, 5.74) is 0.710. The minimum absolute atomic E-state index is 0.0140. The second-order valence-corrected chi connectivity index (χ2v) is 6.81. The number of carboxylic acid groups (broad SMARTS) is 1. The molecule has 0 aromatic heterocycles. The van der Waals surface area contributed by atoms with Crippen LogP contribution in [0.15, 0.2) is 28.7 Å². The monoisotopic (exact) mass is 396 g/mol. The van der Waals surface area contributed by atoms with Crippen molar-refractivity contribution < 1.29 is 19.5 Å². The molecular formula is C17H21BrN2O4. The summed E-state index contributed by atoms with van der Waals surface area (Å²) in [6.45, 7) is 0.551. The van der Waals surface area contributed by atoms with Crippen LogP contribution in [0.5, 0.6) is 0 Å². The topological polar surface area (TPSA) is 86.7 Å². The minimum atomic E-state index is -0.994. The SMILES string of the molecule is O=C(O)CC(NC(=O)CN1CCCCCC1=O)c1cccc(Br)c1. The lowest BCUT2D eigenvalue weighted by molar-refractivity contribution is -0.139. The molecule has 1 aliphatic heterocycles. The van der Waals surface area contributed by atoms with Crippen LogP contribution in [0.3, 0.4) is 0 Å². The summed E-state index contributed by atoms with van der Waals surface area (Å²) in [4.78, 5) is 36.9. The van der Waals surface area contributed by atoms with Crippen molar-refractivity contribution in [2.24, 2.45) is 0 Å². The molecule has 1 saturated heterocycles. The van der Waals surface area contributed by atoms with Gasteiger partial charge < -0.3 is 15.3 Å². The van der Waals surface area contributed by atoms with Gasteiger partial charge in [0.2, 0.25) is 11.8 Å². The van der Waals surface area contributed by atoms with E-state index in [0.717, 1.165) is 23.7 Å². The number of rotatable bonds is 6. The van der Waals surface area contributed by atoms with Gasteiger partial charge in [0.05, 0.1) is 19.0 Å². The number of carbonyl (C=O) groups is 3. The molecule has 0 spiro atoms. The summed E-state index contributed by atoms with van der Waals surface area (Å²) in [5, 5.41) is 11.8. The third kappa shape index (κ3) is 5.63. The lowest BCUT2D eigenvalue weighted by Crippen LogP contribution is -2.42. The van der Waals surface area contributed by atoms with E-state index in [1.807, 2.05) is 6.07 Å². The number of hydrogen-bond acceptors (Lipinski definition) is 3. The molecule has 0 radical (unpaired) electrons. The standard InChI is InChI=1S/C17H21BrN2O4/c18-13-6-4-5-12(9-13)14(10-17(23)24)19-15(21)11-20-8-3-1-2-7-16(20)22/h4-6,9,14H,1-3,7-8,10-11H2,(H,19,21)(H,23,24). The van der Waals surface area contributed by atoms with Gasteiger partial charge in [-0.25, -0.2) is 0 Å². The van der Waals surface area contributed by atoms with Crippen LogP contribution in [-0.4, -0.2) is 40.9 Å². The number of amides is 2. The van der Waals surface area contributed by atoms with E-state index in [1.165, 1.54) is 0 Å². The van der Waals surface area contributed by atoms with E-state index in [2.05, 4.69) is 21.2 Å². The maximum Gasteiger partial charge on any atom is 0.305 e. The van der Waals surface area contributed by atoms with E-state index >= 15 is 0 Å². The molecule has 7 heteroatoms. The molecule has 0 aliphatic carbocycles. The first kappa shape index (κ1) is 18.4. The number of carbonyl (C=O) groups excluding carboxylic acids is 2. The van der Waals surface area contributed by atoms with Gasteiger partial charge in [0.15, 0.2) is 0 Å². The number of likely N-dealkylation sites (tertiary alicyclic amines) is 1. The highest BCUT2D eigenvalue weighted by molar-refractivity contribution is 9.10. The molecule has 1 aromatic carbocycles. The smallest absolute Gasteiger partial charge is 0.305 e. The van der Waals surface area contributed by atoms with Crippen molar-refractivity contribution in [3.8, 4) is 0 Å². The average Bonchev–Trinajstić information content (AvgIpc) is 2.71. The van der Waals surface area contributed by atoms with E-state index in [0.29, 0.717) is 18.5 Å². The average molecular weight is 397 g/mol. The highest BCUT2D eigenvalue weighted by Gasteiger charge is 2.22. The molecule has 130 valence electrons. The molecule has 2 amide bonds. The summed E-state index contributed by atoms with van der Waals surface area (Å²) < 4.78 is 0.812. The van der Waals surface area contributed by atoms with E-state index in [4.69, 9.17) is 5.11 Å². The van der Waals surface area contributed by atoms with Gasteiger partial charge in [-0.05, 0) is 30.5 Å². The predicted octanol–water partition coefficient (Wildman–Crippen LogP) is 2.48. The Morgan fingerprint density at radius 2 is 2.08 bits per heavy atom. The second-order valence-electron chi connectivity index (χ2n) is 5.90. The number of nitrogens with zero attached hydrogens (tertiary/aromatic N) is 1. The highest BCUT2D eigenvalue weighted by atomic mass is 79.9. The van der Waals surface area contributed by atoms with Crippen molar-refractivity contribution in [3.63, 3.8) is 0 Å². The van der Waals surface area contributed by atoms with Gasteiger partial charge in [-0.15, -0.1) is 0 Å². The number of nitrogens with one attached hydrogen (secondary N) is 1. The van der Waals surface area contributed by atoms with E-state index in [1.54, 1.807) is 23.1 Å². The summed E-state index contributed by atoms with van der Waals surface area (Å²) in [7, 11) is 0. The first-order valence-electron chi connectivity index (χ1n) is 8.00. The summed E-state index contributed by atoms with van der Waals surface area (Å²) in [6.07, 6.45) is 3.00. The first-order valence-corrected chi connectivity index (χ1v) is 8.79. The van der Waals surface area contributed by atoms with E-state index < -0.39 is 12.0 Å². The minimum Gasteiger partial charge on any atom is -0.481 e. The third-order valence-electron chi connectivity index (χ3n) is 3.97. The van der Waals surface area contributed by atoms with Crippen LogP contribution in [0.1, 0.15) is 43.7 Å². The maximum atomic E-state index is 12.3. The fraction of sp³-hybridized carbons (Fsp3) is 0.471. The maximum absolute atomic E-state index is 12.3. The van der Waals surface area contributed by atoms with Crippen LogP contribution in [0.25, 0.3) is 0 Å². The zero-order valence-electron chi connectivity index (χ0n) is 13.3. The molecule has 0 saturated carbocycles. The molecule has 1 atom stereocenters. The van der Waals surface area contributed by atoms with Gasteiger partial charge >= 0.3 is 5.97 Å². The summed E-state index contributed by atoms with van der Waals surface area (Å²) in [6, 6.07) is 6.55. The van der Waals surface area contributed by atoms with Crippen LogP contribution >= 0.6 is 15.9 Å². The molecule has 1 heterocycles. The second kappa shape index (κ2) is 8.82. The van der Waals surface area contributed by atoms with Crippen LogP contribution < -0.4 is 5.32 Å². The summed E-state index contributed by atoms with van der Waals surface area (Å²) >= 11 is 3.35. The van der Waals surface area contributed by atoms with Crippen molar-refractivity contribution >= 4 is 33.7 Å². The molecule has 1 fully saturated rings. The number of hydrogen-bond donors (Lipinski definition) is 2. The van der Waals surface area contributed by atoms with Gasteiger partial charge in [0.25, 0.3) is 0 Å². The van der Waals surface area contributed by atoms with Crippen LogP contribution in [0.2, 0.25) is 0 Å². The van der Waals surface area contributed by atoms with Gasteiger partial charge in [0.1, 0.15) is 0 Å². The van der Waals surface area contributed by atoms with Crippen molar-refractivity contribution in [2.75, 3.05) is 13.1 Å². The lowest BCUT2D eigenvalue weighted by atomic mass is 10.0. The Kier molecular flexibility index (Phi) is 6.78. The first-order chi connectivity index (χ1) is 11.5. The molecule has 1 aliphatic rings. The van der Waals surface area contributed by atoms with E-state index in [-0.39, 0.29) is 24.8 Å². The molecule has 2 N–H and O–H groups in total. The number of benzene rings is 1. The number of aliphatic carboxylic acids is 1. The Bertz CT molecular complexity index is 620.